The van der Waals surface area contributed by atoms with Gasteiger partial charge in [-0.05, 0) is 22.8 Å². The monoisotopic (exact) mass is 537 g/mol. The third-order valence-electron chi connectivity index (χ3n) is 7.03. The minimum Gasteiger partial charge on any atom is -0.374 e. The Labute approximate surface area is 232 Å². The summed E-state index contributed by atoms with van der Waals surface area (Å²) in [6.45, 7) is 1.56. The van der Waals surface area contributed by atoms with Crippen LogP contribution in [0.4, 0.5) is 0 Å². The number of hydrogen-bond donors (Lipinski definition) is 0. The average molecular weight is 538 g/mol. The van der Waals surface area contributed by atoms with Crippen molar-refractivity contribution in [2.75, 3.05) is 6.61 Å². The topological polar surface area (TPSA) is 76.2 Å². The summed E-state index contributed by atoms with van der Waals surface area (Å²) in [4.78, 5) is 16.3. The summed E-state index contributed by atoms with van der Waals surface area (Å²) in [7, 11) is 0. The quantitative estimate of drug-likeness (QED) is 0.241. The van der Waals surface area contributed by atoms with Gasteiger partial charge in [0, 0.05) is 18.6 Å². The fraction of sp³-hybridized carbons (Fsp3) is 0.250. The molecule has 0 radical (unpaired) electrons. The Morgan fingerprint density at radius 1 is 0.700 bits per heavy atom. The summed E-state index contributed by atoms with van der Waals surface area (Å²) in [6.07, 6.45) is 3.16. The van der Waals surface area contributed by atoms with Crippen LogP contribution in [0.3, 0.4) is 0 Å². The fourth-order valence-electron chi connectivity index (χ4n) is 5.03. The normalized spacial score (nSPS) is 20.7. The van der Waals surface area contributed by atoms with Crippen LogP contribution in [0.5, 0.6) is 0 Å². The van der Waals surface area contributed by atoms with Gasteiger partial charge in [-0.3, -0.25) is 4.40 Å². The molecule has 1 fully saturated rings. The number of rotatable bonds is 11. The first-order valence-corrected chi connectivity index (χ1v) is 13.4. The van der Waals surface area contributed by atoms with Gasteiger partial charge in [0.15, 0.2) is 6.23 Å². The Hall–Kier alpha value is -4.08. The number of benzene rings is 3. The predicted octanol–water partition coefficient (Wildman–Crippen LogP) is 4.78. The molecule has 8 nitrogen and oxygen atoms in total. The second kappa shape index (κ2) is 12.4. The van der Waals surface area contributed by atoms with Crippen molar-refractivity contribution in [1.82, 2.24) is 14.0 Å². The van der Waals surface area contributed by atoms with E-state index in [1.54, 1.807) is 12.3 Å². The number of hydrogen-bond acceptors (Lipinski definition) is 6. The maximum atomic E-state index is 12.4. The number of nitrogens with zero attached hydrogens (tertiary/aromatic N) is 3. The molecule has 0 amide bonds. The number of aromatic nitrogens is 3. The molecule has 0 spiro atoms. The van der Waals surface area contributed by atoms with E-state index in [1.165, 1.54) is 10.6 Å². The maximum Gasteiger partial charge on any atom is 0.353 e. The van der Waals surface area contributed by atoms with Crippen LogP contribution in [0.2, 0.25) is 0 Å². The lowest BCUT2D eigenvalue weighted by Crippen LogP contribution is -2.38. The number of ether oxygens (including phenoxy) is 4. The van der Waals surface area contributed by atoms with Crippen molar-refractivity contribution in [3.8, 4) is 0 Å². The van der Waals surface area contributed by atoms with Gasteiger partial charge in [-0.2, -0.15) is 0 Å². The smallest absolute Gasteiger partial charge is 0.353 e. The Kier molecular flexibility index (Phi) is 8.11. The highest BCUT2D eigenvalue weighted by atomic mass is 16.6. The molecule has 8 heteroatoms. The van der Waals surface area contributed by atoms with E-state index in [0.717, 1.165) is 16.7 Å². The summed E-state index contributed by atoms with van der Waals surface area (Å²) in [6, 6.07) is 31.9. The standard InChI is InChI=1S/C32H31N3O5/c36-32-33-17-16-28-34(18-19-35(28)32)31-30(39-22-26-14-8-3-9-15-26)29(38-21-25-12-6-2-7-13-25)27(40-31)23-37-20-24-10-4-1-5-11-24/h1-19,27,29-31H,20-23H2/t27-,29-,30+,31-/m1/s1. The van der Waals surface area contributed by atoms with Crippen LogP contribution in [-0.2, 0) is 38.8 Å². The molecule has 3 aromatic carbocycles. The molecule has 1 saturated heterocycles. The zero-order valence-corrected chi connectivity index (χ0v) is 22.0. The van der Waals surface area contributed by atoms with E-state index in [2.05, 4.69) is 4.98 Å². The third-order valence-corrected chi connectivity index (χ3v) is 7.03. The van der Waals surface area contributed by atoms with Gasteiger partial charge >= 0.3 is 5.69 Å². The van der Waals surface area contributed by atoms with E-state index in [1.807, 2.05) is 102 Å². The summed E-state index contributed by atoms with van der Waals surface area (Å²) >= 11 is 0. The first-order chi connectivity index (χ1) is 19.8. The van der Waals surface area contributed by atoms with Crippen LogP contribution in [-0.4, -0.2) is 38.9 Å². The minimum atomic E-state index is -0.554. The molecule has 0 unspecified atom stereocenters. The van der Waals surface area contributed by atoms with Gasteiger partial charge in [0.05, 0.1) is 26.4 Å². The van der Waals surface area contributed by atoms with E-state index in [9.17, 15) is 4.79 Å². The molecule has 1 aliphatic heterocycles. The molecule has 5 aromatic rings. The first kappa shape index (κ1) is 26.2. The fourth-order valence-corrected chi connectivity index (χ4v) is 5.03. The SMILES string of the molecule is O=c1nccc2n([C@@H]3O[C@H](COCc4ccccc4)[C@@H](OCc4ccccc4)[C@@H]3OCc3ccccc3)ccn12. The Balaban J connectivity index is 1.30. The van der Waals surface area contributed by atoms with Gasteiger partial charge in [0.2, 0.25) is 0 Å². The second-order valence-corrected chi connectivity index (χ2v) is 9.75. The lowest BCUT2D eigenvalue weighted by atomic mass is 10.1. The Morgan fingerprint density at radius 3 is 1.90 bits per heavy atom. The molecular weight excluding hydrogens is 506 g/mol. The Morgan fingerprint density at radius 2 is 1.27 bits per heavy atom. The highest BCUT2D eigenvalue weighted by molar-refractivity contribution is 5.38. The molecule has 4 atom stereocenters. The van der Waals surface area contributed by atoms with Crippen molar-refractivity contribution >= 4 is 5.65 Å². The molecule has 0 N–H and O–H groups in total. The van der Waals surface area contributed by atoms with E-state index >= 15 is 0 Å². The van der Waals surface area contributed by atoms with E-state index in [0.29, 0.717) is 32.1 Å². The van der Waals surface area contributed by atoms with Crippen LogP contribution < -0.4 is 5.69 Å². The molecule has 0 bridgehead atoms. The molecule has 2 aromatic heterocycles. The molecule has 40 heavy (non-hydrogen) atoms. The molecular formula is C32H31N3O5. The lowest BCUT2D eigenvalue weighted by molar-refractivity contribution is -0.0913. The molecule has 6 rings (SSSR count). The zero-order valence-electron chi connectivity index (χ0n) is 22.0. The summed E-state index contributed by atoms with van der Waals surface area (Å²) in [5.41, 5.74) is 3.49. The number of fused-ring (bicyclic) bond motifs is 1. The van der Waals surface area contributed by atoms with Gasteiger partial charge in [-0.15, -0.1) is 0 Å². The van der Waals surface area contributed by atoms with Crippen LogP contribution in [0.15, 0.2) is 120 Å². The van der Waals surface area contributed by atoms with Gasteiger partial charge in [0.25, 0.3) is 0 Å². The molecule has 204 valence electrons. The first-order valence-electron chi connectivity index (χ1n) is 13.4. The van der Waals surface area contributed by atoms with Crippen molar-refractivity contribution in [2.45, 2.75) is 44.4 Å². The Bertz CT molecular complexity index is 1560. The summed E-state index contributed by atoms with van der Waals surface area (Å²) < 4.78 is 29.3. The maximum absolute atomic E-state index is 12.4. The van der Waals surface area contributed by atoms with Gasteiger partial charge in [0.1, 0.15) is 24.0 Å². The van der Waals surface area contributed by atoms with Crippen LogP contribution in [0.1, 0.15) is 22.9 Å². The average Bonchev–Trinajstić information content (AvgIpc) is 3.58. The van der Waals surface area contributed by atoms with Crippen LogP contribution >= 0.6 is 0 Å². The molecule has 0 saturated carbocycles. The summed E-state index contributed by atoms with van der Waals surface area (Å²) in [5, 5.41) is 0. The van der Waals surface area contributed by atoms with Gasteiger partial charge in [-0.25, -0.2) is 9.78 Å². The molecule has 1 aliphatic rings. The third kappa shape index (κ3) is 5.90. The van der Waals surface area contributed by atoms with Crippen LogP contribution in [0.25, 0.3) is 5.65 Å². The van der Waals surface area contributed by atoms with Crippen molar-refractivity contribution < 1.29 is 18.9 Å². The minimum absolute atomic E-state index is 0.316. The largest absolute Gasteiger partial charge is 0.374 e. The van der Waals surface area contributed by atoms with E-state index in [4.69, 9.17) is 18.9 Å². The van der Waals surface area contributed by atoms with Crippen molar-refractivity contribution in [3.63, 3.8) is 0 Å². The summed E-state index contributed by atoms with van der Waals surface area (Å²) in [5.74, 6) is 0. The second-order valence-electron chi connectivity index (χ2n) is 9.75. The van der Waals surface area contributed by atoms with E-state index < -0.39 is 24.5 Å². The molecule has 3 heterocycles. The molecule has 0 aliphatic carbocycles. The van der Waals surface area contributed by atoms with Gasteiger partial charge < -0.3 is 23.5 Å². The van der Waals surface area contributed by atoms with Crippen molar-refractivity contribution in [1.29, 1.82) is 0 Å². The highest BCUT2D eigenvalue weighted by Gasteiger charge is 2.47. The highest BCUT2D eigenvalue weighted by Crippen LogP contribution is 2.36. The van der Waals surface area contributed by atoms with E-state index in [-0.39, 0.29) is 5.69 Å². The zero-order chi connectivity index (χ0) is 27.1. The van der Waals surface area contributed by atoms with Crippen molar-refractivity contribution in [2.24, 2.45) is 0 Å². The van der Waals surface area contributed by atoms with Crippen LogP contribution in [0, 0.1) is 0 Å². The van der Waals surface area contributed by atoms with Crippen molar-refractivity contribution in [3.05, 3.63) is 143 Å². The van der Waals surface area contributed by atoms with Gasteiger partial charge in [-0.1, -0.05) is 91.0 Å². The lowest BCUT2D eigenvalue weighted by Gasteiger charge is -2.26. The predicted molar refractivity (Wildman–Crippen MR) is 149 cm³/mol. The number of imidazole rings is 1.